The quantitative estimate of drug-likeness (QED) is 0.158. The molecule has 202 valence electrons. The highest BCUT2D eigenvalue weighted by Crippen LogP contribution is 2.29. The second-order valence-electron chi connectivity index (χ2n) is 9.80. The number of hydrogen-bond acceptors (Lipinski definition) is 5. The summed E-state index contributed by atoms with van der Waals surface area (Å²) in [6, 6.07) is 37.7. The number of nitrogens with one attached hydrogen (secondary N) is 1. The van der Waals surface area contributed by atoms with Crippen LogP contribution in [0.2, 0.25) is 0 Å². The van der Waals surface area contributed by atoms with E-state index in [0.717, 1.165) is 53.7 Å². The topological polar surface area (TPSA) is 65.5 Å². The van der Waals surface area contributed by atoms with Gasteiger partial charge in [0.1, 0.15) is 0 Å². The Labute approximate surface area is 239 Å². The van der Waals surface area contributed by atoms with Crippen molar-refractivity contribution in [3.05, 3.63) is 137 Å². The molecule has 40 heavy (non-hydrogen) atoms. The van der Waals surface area contributed by atoms with Crippen LogP contribution < -0.4 is 10.2 Å². The molecular formula is C34H33N3O2S. The molecule has 0 radical (unpaired) electrons. The molecule has 5 rings (SSSR count). The summed E-state index contributed by atoms with van der Waals surface area (Å²) >= 11 is 1.70. The van der Waals surface area contributed by atoms with E-state index >= 15 is 0 Å². The van der Waals surface area contributed by atoms with Gasteiger partial charge in [0.25, 0.3) is 0 Å². The molecule has 4 aromatic carbocycles. The van der Waals surface area contributed by atoms with Gasteiger partial charge in [-0.3, -0.25) is 4.79 Å². The second kappa shape index (κ2) is 13.6. The standard InChI is InChI=1S/C34H33N3O2S/c38-33(39)20-17-27-15-18-31(19-16-27)35-23-28-11-13-29(14-12-28)24-37(22-21-26-7-3-1-4-8-26)34-36-32(25-40-34)30-9-5-2-6-10-30/h1-16,18-19,25,35H,17,20-24H2,(H,38,39). The summed E-state index contributed by atoms with van der Waals surface area (Å²) < 4.78 is 0. The maximum absolute atomic E-state index is 10.8. The third-order valence-electron chi connectivity index (χ3n) is 6.82. The Morgan fingerprint density at radius 2 is 1.38 bits per heavy atom. The van der Waals surface area contributed by atoms with Gasteiger partial charge in [0.15, 0.2) is 5.13 Å². The van der Waals surface area contributed by atoms with Crippen LogP contribution >= 0.6 is 11.3 Å². The summed E-state index contributed by atoms with van der Waals surface area (Å²) in [5.41, 5.74) is 7.98. The predicted octanol–water partition coefficient (Wildman–Crippen LogP) is 7.69. The third-order valence-corrected chi connectivity index (χ3v) is 7.72. The molecule has 0 atom stereocenters. The average Bonchev–Trinajstić information content (AvgIpc) is 3.50. The lowest BCUT2D eigenvalue weighted by Crippen LogP contribution is -2.25. The maximum atomic E-state index is 10.8. The first-order valence-corrected chi connectivity index (χ1v) is 14.4. The summed E-state index contributed by atoms with van der Waals surface area (Å²) in [7, 11) is 0. The SMILES string of the molecule is O=C(O)CCc1ccc(NCc2ccc(CN(CCc3ccccc3)c3nc(-c4ccccc4)cs3)cc2)cc1. The van der Waals surface area contributed by atoms with Gasteiger partial charge in [0.2, 0.25) is 0 Å². The number of aliphatic carboxylic acids is 1. The van der Waals surface area contributed by atoms with Gasteiger partial charge in [0, 0.05) is 42.7 Å². The number of rotatable bonds is 13. The highest BCUT2D eigenvalue weighted by atomic mass is 32.1. The monoisotopic (exact) mass is 547 g/mol. The van der Waals surface area contributed by atoms with Gasteiger partial charge in [-0.05, 0) is 47.2 Å². The van der Waals surface area contributed by atoms with E-state index in [4.69, 9.17) is 10.1 Å². The van der Waals surface area contributed by atoms with E-state index in [2.05, 4.69) is 94.5 Å². The van der Waals surface area contributed by atoms with Crippen LogP contribution in [-0.4, -0.2) is 22.6 Å². The molecule has 0 aliphatic rings. The average molecular weight is 548 g/mol. The number of carboxylic acids is 1. The van der Waals surface area contributed by atoms with Crippen LogP contribution in [0.3, 0.4) is 0 Å². The molecule has 0 unspecified atom stereocenters. The van der Waals surface area contributed by atoms with Crippen LogP contribution in [0.1, 0.15) is 28.7 Å². The Hall–Kier alpha value is -4.42. The highest BCUT2D eigenvalue weighted by molar-refractivity contribution is 7.14. The number of anilines is 2. The fourth-order valence-corrected chi connectivity index (χ4v) is 5.39. The van der Waals surface area contributed by atoms with Gasteiger partial charge in [-0.2, -0.15) is 0 Å². The van der Waals surface area contributed by atoms with E-state index in [1.165, 1.54) is 16.7 Å². The fraction of sp³-hybridized carbons (Fsp3) is 0.176. The van der Waals surface area contributed by atoms with Crippen LogP contribution in [0.15, 0.2) is 115 Å². The number of nitrogens with zero attached hydrogens (tertiary/aromatic N) is 2. The van der Waals surface area contributed by atoms with E-state index in [9.17, 15) is 4.79 Å². The zero-order valence-corrected chi connectivity index (χ0v) is 23.2. The van der Waals surface area contributed by atoms with Crippen molar-refractivity contribution in [2.24, 2.45) is 0 Å². The molecule has 0 saturated heterocycles. The number of benzene rings is 4. The molecule has 0 fully saturated rings. The normalized spacial score (nSPS) is 10.8. The lowest BCUT2D eigenvalue weighted by molar-refractivity contribution is -0.136. The van der Waals surface area contributed by atoms with Crippen molar-refractivity contribution < 1.29 is 9.90 Å². The molecule has 0 spiro atoms. The maximum Gasteiger partial charge on any atom is 0.303 e. The van der Waals surface area contributed by atoms with Crippen LogP contribution in [0, 0.1) is 0 Å². The number of carbonyl (C=O) groups is 1. The van der Waals surface area contributed by atoms with Gasteiger partial charge >= 0.3 is 5.97 Å². The highest BCUT2D eigenvalue weighted by Gasteiger charge is 2.13. The van der Waals surface area contributed by atoms with E-state index in [0.29, 0.717) is 6.42 Å². The molecule has 0 bridgehead atoms. The van der Waals surface area contributed by atoms with E-state index < -0.39 is 5.97 Å². The van der Waals surface area contributed by atoms with Gasteiger partial charge in [-0.1, -0.05) is 97.1 Å². The lowest BCUT2D eigenvalue weighted by Gasteiger charge is -2.22. The molecular weight excluding hydrogens is 514 g/mol. The second-order valence-corrected chi connectivity index (χ2v) is 10.6. The molecule has 5 aromatic rings. The largest absolute Gasteiger partial charge is 0.481 e. The molecule has 1 aromatic heterocycles. The molecule has 1 heterocycles. The summed E-state index contributed by atoms with van der Waals surface area (Å²) in [6.45, 7) is 2.40. The Balaban J connectivity index is 1.22. The Morgan fingerprint density at radius 1 is 0.750 bits per heavy atom. The smallest absolute Gasteiger partial charge is 0.303 e. The number of aromatic nitrogens is 1. The van der Waals surface area contributed by atoms with Crippen molar-refractivity contribution in [3.63, 3.8) is 0 Å². The molecule has 2 N–H and O–H groups in total. The van der Waals surface area contributed by atoms with Gasteiger partial charge < -0.3 is 15.3 Å². The van der Waals surface area contributed by atoms with Crippen LogP contribution in [0.25, 0.3) is 11.3 Å². The summed E-state index contributed by atoms with van der Waals surface area (Å²) in [6.07, 6.45) is 1.66. The molecule has 5 nitrogen and oxygen atoms in total. The minimum Gasteiger partial charge on any atom is -0.481 e. The first kappa shape index (κ1) is 27.2. The first-order chi connectivity index (χ1) is 19.6. The number of thiazole rings is 1. The lowest BCUT2D eigenvalue weighted by atomic mass is 10.1. The zero-order chi connectivity index (χ0) is 27.6. The van der Waals surface area contributed by atoms with Crippen molar-refractivity contribution in [2.45, 2.75) is 32.4 Å². The number of aryl methyl sites for hydroxylation is 1. The zero-order valence-electron chi connectivity index (χ0n) is 22.4. The van der Waals surface area contributed by atoms with Crippen LogP contribution in [-0.2, 0) is 30.7 Å². The molecule has 0 aliphatic heterocycles. The van der Waals surface area contributed by atoms with Crippen molar-refractivity contribution >= 4 is 28.1 Å². The molecule has 0 aliphatic carbocycles. The summed E-state index contributed by atoms with van der Waals surface area (Å²) in [5, 5.41) is 15.5. The van der Waals surface area contributed by atoms with Gasteiger partial charge in [-0.25, -0.2) is 4.98 Å². The van der Waals surface area contributed by atoms with Crippen molar-refractivity contribution in [1.29, 1.82) is 0 Å². The molecule has 6 heteroatoms. The third kappa shape index (κ3) is 7.80. The Morgan fingerprint density at radius 3 is 2.08 bits per heavy atom. The van der Waals surface area contributed by atoms with Gasteiger partial charge in [0.05, 0.1) is 5.69 Å². The van der Waals surface area contributed by atoms with E-state index in [-0.39, 0.29) is 6.42 Å². The summed E-state index contributed by atoms with van der Waals surface area (Å²) in [5.74, 6) is -0.770. The van der Waals surface area contributed by atoms with E-state index in [1.54, 1.807) is 11.3 Å². The Kier molecular flexibility index (Phi) is 9.22. The number of hydrogen-bond donors (Lipinski definition) is 2. The number of carboxylic acid groups (broad SMARTS) is 1. The summed E-state index contributed by atoms with van der Waals surface area (Å²) in [4.78, 5) is 18.2. The minimum atomic E-state index is -0.770. The molecule has 0 amide bonds. The van der Waals surface area contributed by atoms with Crippen molar-refractivity contribution in [1.82, 2.24) is 4.98 Å². The van der Waals surface area contributed by atoms with Crippen molar-refractivity contribution in [2.75, 3.05) is 16.8 Å². The first-order valence-electron chi connectivity index (χ1n) is 13.5. The fourth-order valence-electron chi connectivity index (χ4n) is 4.53. The minimum absolute atomic E-state index is 0.152. The van der Waals surface area contributed by atoms with Gasteiger partial charge in [-0.15, -0.1) is 11.3 Å². The Bertz CT molecular complexity index is 1480. The van der Waals surface area contributed by atoms with Crippen LogP contribution in [0.5, 0.6) is 0 Å². The molecule has 0 saturated carbocycles. The van der Waals surface area contributed by atoms with Crippen LogP contribution in [0.4, 0.5) is 10.8 Å². The van der Waals surface area contributed by atoms with E-state index in [1.807, 2.05) is 30.3 Å². The van der Waals surface area contributed by atoms with Crippen molar-refractivity contribution in [3.8, 4) is 11.3 Å². The predicted molar refractivity (Wildman–Crippen MR) is 165 cm³/mol.